The van der Waals surface area contributed by atoms with Gasteiger partial charge in [0.15, 0.2) is 0 Å². The van der Waals surface area contributed by atoms with E-state index in [0.29, 0.717) is 35.8 Å². The van der Waals surface area contributed by atoms with Crippen LogP contribution in [0.15, 0.2) is 71.9 Å². The number of benzene rings is 2. The number of fused-ring (bicyclic) bond motifs is 2. The fourth-order valence-corrected chi connectivity index (χ4v) is 8.52. The first-order valence-electron chi connectivity index (χ1n) is 20.1. The predicted molar refractivity (Wildman–Crippen MR) is 216 cm³/mol. The summed E-state index contributed by atoms with van der Waals surface area (Å²) < 4.78 is 31.4. The van der Waals surface area contributed by atoms with E-state index in [1.165, 1.54) is 19.2 Å². The molecule has 15 heteroatoms. The highest BCUT2D eigenvalue weighted by Gasteiger charge is 2.65. The van der Waals surface area contributed by atoms with Gasteiger partial charge in [-0.15, -0.1) is 6.58 Å². The summed E-state index contributed by atoms with van der Waals surface area (Å²) in [6, 6.07) is 10.6. The Kier molecular flexibility index (Phi) is 15.7. The number of hydrogen-bond donors (Lipinski definition) is 3. The summed E-state index contributed by atoms with van der Waals surface area (Å²) in [5.74, 6) is -1.20. The Bertz CT molecular complexity index is 1780. The Balaban J connectivity index is 1.78. The lowest BCUT2D eigenvalue weighted by Gasteiger charge is -2.59. The molecule has 2 aromatic carbocycles. The van der Waals surface area contributed by atoms with Crippen LogP contribution in [0.1, 0.15) is 77.2 Å². The van der Waals surface area contributed by atoms with Crippen molar-refractivity contribution in [2.24, 2.45) is 22.9 Å². The molecular formula is C43H59N3O12. The second-order valence-corrected chi connectivity index (χ2v) is 15.8. The molecule has 1 saturated carbocycles. The van der Waals surface area contributed by atoms with Crippen LogP contribution in [0.25, 0.3) is 0 Å². The first-order chi connectivity index (χ1) is 27.9. The highest BCUT2D eigenvalue weighted by atomic mass is 16.7. The lowest BCUT2D eigenvalue weighted by Crippen LogP contribution is -2.70. The third-order valence-corrected chi connectivity index (χ3v) is 10.8. The first kappa shape index (κ1) is 44.6. The summed E-state index contributed by atoms with van der Waals surface area (Å²) in [6.45, 7) is 9.93. The zero-order chi connectivity index (χ0) is 41.9. The predicted octanol–water partition coefficient (Wildman–Crippen LogP) is 6.90. The second-order valence-electron chi connectivity index (χ2n) is 15.8. The highest BCUT2D eigenvalue weighted by Crippen LogP contribution is 2.62. The van der Waals surface area contributed by atoms with Crippen LogP contribution in [-0.2, 0) is 19.0 Å². The maximum Gasteiger partial charge on any atom is 0.410 e. The van der Waals surface area contributed by atoms with Crippen LogP contribution >= 0.6 is 0 Å². The van der Waals surface area contributed by atoms with E-state index in [0.717, 1.165) is 36.8 Å². The molecule has 0 saturated heterocycles. The number of nitro benzene ring substituents is 1. The fraction of sp³-hybridized carbons (Fsp3) is 0.581. The molecule has 318 valence electrons. The molecule has 0 aromatic heterocycles. The quantitative estimate of drug-likeness (QED) is 0.0513. The number of ether oxygens (including phenoxy) is 5. The van der Waals surface area contributed by atoms with Gasteiger partial charge in [0.2, 0.25) is 5.79 Å². The standard InChI is InChI=1S/C43H59N3O12/c1-6-22-55-43-38(45(41(50)53-5)18-23-54-24-21-49)28-36(44-58-42(2,3)4)34-25-29(12-7-9-19-47)33(15-8-10-20-48)39(40(34)43)35-27-32(16-17-37(35)57-43)56-31-14-11-13-30(26-31)46(51)52/h6,11,13-14,16-17,25-27,29,33,38-40,47-49H,1,7-10,12,15,18-24,28H2,2-5H3. The van der Waals surface area contributed by atoms with E-state index in [-0.39, 0.29) is 76.0 Å². The topological polar surface area (TPSA) is 192 Å². The molecule has 3 N–H and O–H groups in total. The number of unbranched alkanes of at least 4 members (excludes halogenated alkanes) is 2. The summed E-state index contributed by atoms with van der Waals surface area (Å²) in [6.07, 6.45) is 7.66. The lowest BCUT2D eigenvalue weighted by molar-refractivity contribution is -0.384. The van der Waals surface area contributed by atoms with Crippen molar-refractivity contribution in [2.45, 2.75) is 89.1 Å². The van der Waals surface area contributed by atoms with Gasteiger partial charge < -0.3 is 43.8 Å². The van der Waals surface area contributed by atoms with Crippen molar-refractivity contribution in [1.29, 1.82) is 0 Å². The molecule has 3 aliphatic rings. The van der Waals surface area contributed by atoms with Crippen molar-refractivity contribution in [3.8, 4) is 17.2 Å². The van der Waals surface area contributed by atoms with Crippen LogP contribution in [0.4, 0.5) is 10.5 Å². The number of oxime groups is 1. The summed E-state index contributed by atoms with van der Waals surface area (Å²) >= 11 is 0. The summed E-state index contributed by atoms with van der Waals surface area (Å²) in [7, 11) is 1.31. The molecule has 6 atom stereocenters. The Morgan fingerprint density at radius 1 is 1.05 bits per heavy atom. The molecule has 0 spiro atoms. The van der Waals surface area contributed by atoms with Crippen LogP contribution in [-0.4, -0.2) is 108 Å². The van der Waals surface area contributed by atoms with Crippen LogP contribution in [0.3, 0.4) is 0 Å². The Morgan fingerprint density at radius 3 is 2.47 bits per heavy atom. The third kappa shape index (κ3) is 10.4. The average Bonchev–Trinajstić information content (AvgIpc) is 3.20. The zero-order valence-corrected chi connectivity index (χ0v) is 34.0. The number of nitro groups is 1. The van der Waals surface area contributed by atoms with Crippen LogP contribution in [0, 0.1) is 27.9 Å². The molecular weight excluding hydrogens is 750 g/mol. The van der Waals surface area contributed by atoms with E-state index in [1.807, 2.05) is 26.8 Å². The van der Waals surface area contributed by atoms with Gasteiger partial charge in [0, 0.05) is 43.7 Å². The minimum absolute atomic E-state index is 0.00544. The summed E-state index contributed by atoms with van der Waals surface area (Å²) in [5, 5.41) is 45.5. The molecule has 1 aliphatic heterocycles. The van der Waals surface area contributed by atoms with Gasteiger partial charge in [-0.1, -0.05) is 36.2 Å². The lowest BCUT2D eigenvalue weighted by atomic mass is 9.55. The monoisotopic (exact) mass is 809 g/mol. The third-order valence-electron chi connectivity index (χ3n) is 10.8. The Labute approximate surface area is 340 Å². The summed E-state index contributed by atoms with van der Waals surface area (Å²) in [4.78, 5) is 32.7. The second kappa shape index (κ2) is 20.4. The van der Waals surface area contributed by atoms with E-state index in [9.17, 15) is 30.2 Å². The first-order valence-corrected chi connectivity index (χ1v) is 20.1. The van der Waals surface area contributed by atoms with Gasteiger partial charge in [-0.25, -0.2) is 4.79 Å². The molecule has 58 heavy (non-hydrogen) atoms. The minimum Gasteiger partial charge on any atom is -0.459 e. The van der Waals surface area contributed by atoms with E-state index >= 15 is 0 Å². The number of carbonyl (C=O) groups excluding carboxylic acids is 1. The fourth-order valence-electron chi connectivity index (χ4n) is 8.52. The molecule has 15 nitrogen and oxygen atoms in total. The SMILES string of the molecule is C=CCOC12Oc3ccc(Oc4cccc([N+](=O)[O-])c4)cc3C3C(CCCCO)C(CCCCO)C=C(C(=NOC(C)(C)C)CC1N(CCOCCO)C(=O)OC)C32. The molecule has 1 fully saturated rings. The molecule has 1 amide bonds. The number of allylic oxidation sites excluding steroid dienone is 1. The van der Waals surface area contributed by atoms with E-state index < -0.39 is 34.4 Å². The average molecular weight is 810 g/mol. The molecule has 2 aromatic rings. The zero-order valence-electron chi connectivity index (χ0n) is 34.0. The van der Waals surface area contributed by atoms with Gasteiger partial charge in [0.1, 0.15) is 28.9 Å². The molecule has 0 radical (unpaired) electrons. The van der Waals surface area contributed by atoms with Gasteiger partial charge in [0.05, 0.1) is 56.2 Å². The van der Waals surface area contributed by atoms with Gasteiger partial charge in [-0.05, 0) is 88.1 Å². The van der Waals surface area contributed by atoms with Crippen molar-refractivity contribution >= 4 is 17.5 Å². The van der Waals surface area contributed by atoms with Crippen molar-refractivity contribution in [1.82, 2.24) is 4.90 Å². The Hall–Kier alpha value is -4.54. The van der Waals surface area contributed by atoms with Crippen molar-refractivity contribution < 1.29 is 53.6 Å². The molecule has 1 heterocycles. The number of methoxy groups -OCH3 is 1. The van der Waals surface area contributed by atoms with Gasteiger partial charge in [-0.3, -0.25) is 15.0 Å². The van der Waals surface area contributed by atoms with Gasteiger partial charge >= 0.3 is 6.09 Å². The molecule has 5 rings (SSSR count). The van der Waals surface area contributed by atoms with Crippen LogP contribution < -0.4 is 9.47 Å². The van der Waals surface area contributed by atoms with Crippen LogP contribution in [0.5, 0.6) is 17.2 Å². The van der Waals surface area contributed by atoms with Gasteiger partial charge in [0.25, 0.3) is 5.69 Å². The number of amides is 1. The molecule has 2 aliphatic carbocycles. The van der Waals surface area contributed by atoms with E-state index in [2.05, 4.69) is 12.7 Å². The normalized spacial score (nSPS) is 24.2. The van der Waals surface area contributed by atoms with Crippen molar-refractivity contribution in [3.05, 3.63) is 82.4 Å². The highest BCUT2D eigenvalue weighted by molar-refractivity contribution is 6.03. The number of nitrogens with zero attached hydrogens (tertiary/aromatic N) is 3. The van der Waals surface area contributed by atoms with E-state index in [1.54, 1.807) is 35.2 Å². The molecule has 0 bridgehead atoms. The molecule has 6 unspecified atom stereocenters. The maximum atomic E-state index is 13.9. The number of non-ortho nitro benzene ring substituents is 1. The van der Waals surface area contributed by atoms with Crippen molar-refractivity contribution in [2.75, 3.05) is 53.3 Å². The number of carbonyl (C=O) groups is 1. The maximum absolute atomic E-state index is 13.9. The van der Waals surface area contributed by atoms with Crippen LogP contribution in [0.2, 0.25) is 0 Å². The Morgan fingerprint density at radius 2 is 1.79 bits per heavy atom. The largest absolute Gasteiger partial charge is 0.459 e. The number of aliphatic hydroxyl groups excluding tert-OH is 3. The van der Waals surface area contributed by atoms with E-state index in [4.69, 9.17) is 33.7 Å². The smallest absolute Gasteiger partial charge is 0.410 e. The minimum atomic E-state index is -1.52. The van der Waals surface area contributed by atoms with Gasteiger partial charge in [-0.2, -0.15) is 0 Å². The number of aliphatic hydroxyl groups is 3. The summed E-state index contributed by atoms with van der Waals surface area (Å²) in [5.41, 5.74) is 1.56. The van der Waals surface area contributed by atoms with Crippen molar-refractivity contribution in [3.63, 3.8) is 0 Å². The number of rotatable bonds is 21. The number of hydrogen-bond acceptors (Lipinski definition) is 13.